The minimum atomic E-state index is -0.319. The molecule has 0 aliphatic rings. The van der Waals surface area contributed by atoms with Gasteiger partial charge in [0.05, 0.1) is 0 Å². The highest BCUT2D eigenvalue weighted by atomic mass is 32.2. The molecule has 2 rings (SSSR count). The molecule has 1 aromatic carbocycles. The van der Waals surface area contributed by atoms with Gasteiger partial charge in [0.2, 0.25) is 5.16 Å². The predicted octanol–water partition coefficient (Wildman–Crippen LogP) is 2.13. The Hall–Kier alpha value is -1.56. The van der Waals surface area contributed by atoms with E-state index in [0.29, 0.717) is 16.6 Å². The van der Waals surface area contributed by atoms with E-state index >= 15 is 0 Å². The van der Waals surface area contributed by atoms with Crippen LogP contribution in [0.1, 0.15) is 11.4 Å². The van der Waals surface area contributed by atoms with Gasteiger partial charge >= 0.3 is 0 Å². The molecule has 6 heteroatoms. The summed E-state index contributed by atoms with van der Waals surface area (Å²) in [7, 11) is 0. The van der Waals surface area contributed by atoms with E-state index in [-0.39, 0.29) is 5.82 Å². The Bertz CT molecular complexity index is 497. The molecule has 0 amide bonds. The summed E-state index contributed by atoms with van der Waals surface area (Å²) in [6.45, 7) is 1.84. The maximum absolute atomic E-state index is 12.8. The quantitative estimate of drug-likeness (QED) is 0.635. The minimum Gasteiger partial charge on any atom is -0.398 e. The zero-order chi connectivity index (χ0) is 11.5. The Morgan fingerprint density at radius 3 is 2.94 bits per heavy atom. The highest BCUT2D eigenvalue weighted by Gasteiger charge is 2.04. The average molecular weight is 238 g/mol. The van der Waals surface area contributed by atoms with Crippen molar-refractivity contribution in [2.45, 2.75) is 17.8 Å². The van der Waals surface area contributed by atoms with E-state index in [1.54, 1.807) is 6.07 Å². The SMILES string of the molecule is Cc1nc(SCc2ccc(F)cc2N)n[nH]1. The Balaban J connectivity index is 2.04. The van der Waals surface area contributed by atoms with Crippen molar-refractivity contribution in [3.63, 3.8) is 0 Å². The lowest BCUT2D eigenvalue weighted by molar-refractivity contribution is 0.628. The van der Waals surface area contributed by atoms with Gasteiger partial charge in [0, 0.05) is 11.4 Å². The zero-order valence-electron chi connectivity index (χ0n) is 8.70. The summed E-state index contributed by atoms with van der Waals surface area (Å²) >= 11 is 1.46. The van der Waals surface area contributed by atoms with Crippen LogP contribution in [-0.2, 0) is 5.75 Å². The lowest BCUT2D eigenvalue weighted by Crippen LogP contribution is -1.93. The summed E-state index contributed by atoms with van der Waals surface area (Å²) in [5.41, 5.74) is 7.03. The van der Waals surface area contributed by atoms with E-state index in [1.807, 2.05) is 6.92 Å². The number of hydrogen-bond donors (Lipinski definition) is 2. The largest absolute Gasteiger partial charge is 0.398 e. The maximum Gasteiger partial charge on any atom is 0.208 e. The van der Waals surface area contributed by atoms with Crippen molar-refractivity contribution < 1.29 is 4.39 Å². The van der Waals surface area contributed by atoms with Crippen LogP contribution in [0.25, 0.3) is 0 Å². The van der Waals surface area contributed by atoms with Crippen LogP contribution in [0.3, 0.4) is 0 Å². The van der Waals surface area contributed by atoms with Crippen molar-refractivity contribution in [3.05, 3.63) is 35.4 Å². The van der Waals surface area contributed by atoms with Crippen molar-refractivity contribution in [3.8, 4) is 0 Å². The highest BCUT2D eigenvalue weighted by Crippen LogP contribution is 2.23. The highest BCUT2D eigenvalue weighted by molar-refractivity contribution is 7.98. The fourth-order valence-electron chi connectivity index (χ4n) is 1.23. The summed E-state index contributed by atoms with van der Waals surface area (Å²) in [5.74, 6) is 1.08. The Morgan fingerprint density at radius 2 is 2.31 bits per heavy atom. The first-order valence-electron chi connectivity index (χ1n) is 4.71. The number of aromatic nitrogens is 3. The summed E-state index contributed by atoms with van der Waals surface area (Å²) < 4.78 is 12.8. The second-order valence-corrected chi connectivity index (χ2v) is 4.28. The van der Waals surface area contributed by atoms with Gasteiger partial charge in [-0.2, -0.15) is 0 Å². The molecule has 3 N–H and O–H groups in total. The van der Waals surface area contributed by atoms with Gasteiger partial charge in [0.25, 0.3) is 0 Å². The second-order valence-electron chi connectivity index (χ2n) is 3.34. The van der Waals surface area contributed by atoms with Crippen LogP contribution in [0.5, 0.6) is 0 Å². The number of H-pyrrole nitrogens is 1. The van der Waals surface area contributed by atoms with E-state index in [9.17, 15) is 4.39 Å². The molecule has 4 nitrogen and oxygen atoms in total. The van der Waals surface area contributed by atoms with Crippen molar-refractivity contribution in [2.24, 2.45) is 0 Å². The fraction of sp³-hybridized carbons (Fsp3) is 0.200. The molecule has 0 atom stereocenters. The maximum atomic E-state index is 12.8. The van der Waals surface area contributed by atoms with E-state index in [0.717, 1.165) is 11.4 Å². The van der Waals surface area contributed by atoms with Crippen LogP contribution < -0.4 is 5.73 Å². The molecule has 0 radical (unpaired) electrons. The summed E-state index contributed by atoms with van der Waals surface area (Å²) in [4.78, 5) is 4.15. The lowest BCUT2D eigenvalue weighted by Gasteiger charge is -2.03. The number of halogens is 1. The molecule has 0 aliphatic carbocycles. The number of anilines is 1. The third-order valence-electron chi connectivity index (χ3n) is 2.04. The molecule has 0 saturated heterocycles. The van der Waals surface area contributed by atoms with Crippen molar-refractivity contribution in [2.75, 3.05) is 5.73 Å². The third kappa shape index (κ3) is 2.52. The molecule has 84 valence electrons. The van der Waals surface area contributed by atoms with Gasteiger partial charge in [0.1, 0.15) is 11.6 Å². The summed E-state index contributed by atoms with van der Waals surface area (Å²) in [6.07, 6.45) is 0. The van der Waals surface area contributed by atoms with Crippen LogP contribution in [-0.4, -0.2) is 15.2 Å². The number of nitrogens with zero attached hydrogens (tertiary/aromatic N) is 2. The van der Waals surface area contributed by atoms with Crippen LogP contribution in [0, 0.1) is 12.7 Å². The van der Waals surface area contributed by atoms with Crippen molar-refractivity contribution in [1.82, 2.24) is 15.2 Å². The molecule has 16 heavy (non-hydrogen) atoms. The first kappa shape index (κ1) is 10.9. The summed E-state index contributed by atoms with van der Waals surface area (Å²) in [6, 6.07) is 4.39. The molecule has 0 bridgehead atoms. The number of benzene rings is 1. The molecule has 0 aliphatic heterocycles. The summed E-state index contributed by atoms with van der Waals surface area (Å²) in [5, 5.41) is 7.41. The molecular formula is C10H11FN4S. The average Bonchev–Trinajstić information content (AvgIpc) is 2.63. The van der Waals surface area contributed by atoms with E-state index < -0.39 is 0 Å². The second kappa shape index (κ2) is 4.52. The standard InChI is InChI=1S/C10H11FN4S/c1-6-13-10(15-14-6)16-5-7-2-3-8(11)4-9(7)12/h2-4H,5,12H2,1H3,(H,13,14,15). The third-order valence-corrected chi connectivity index (χ3v) is 2.94. The number of thioether (sulfide) groups is 1. The minimum absolute atomic E-state index is 0.319. The molecule has 2 aromatic rings. The Labute approximate surface area is 96.5 Å². The van der Waals surface area contributed by atoms with Gasteiger partial charge < -0.3 is 5.73 Å². The number of aryl methyl sites for hydroxylation is 1. The van der Waals surface area contributed by atoms with Gasteiger partial charge in [-0.15, -0.1) is 5.10 Å². The number of nitrogens with one attached hydrogen (secondary N) is 1. The van der Waals surface area contributed by atoms with Gasteiger partial charge in [-0.05, 0) is 24.6 Å². The molecule has 0 unspecified atom stereocenters. The molecule has 0 fully saturated rings. The smallest absolute Gasteiger partial charge is 0.208 e. The molecule has 0 saturated carbocycles. The molecule has 1 aromatic heterocycles. The number of aromatic amines is 1. The monoisotopic (exact) mass is 238 g/mol. The van der Waals surface area contributed by atoms with Crippen molar-refractivity contribution in [1.29, 1.82) is 0 Å². The predicted molar refractivity (Wildman–Crippen MR) is 61.5 cm³/mol. The van der Waals surface area contributed by atoms with Gasteiger partial charge in [-0.3, -0.25) is 5.10 Å². The number of nitrogens with two attached hydrogens (primary N) is 1. The zero-order valence-corrected chi connectivity index (χ0v) is 9.51. The first-order chi connectivity index (χ1) is 7.65. The van der Waals surface area contributed by atoms with Crippen LogP contribution in [0.15, 0.2) is 23.4 Å². The lowest BCUT2D eigenvalue weighted by atomic mass is 10.2. The van der Waals surface area contributed by atoms with Gasteiger partial charge in [-0.1, -0.05) is 17.8 Å². The number of nitrogen functional groups attached to an aromatic ring is 1. The van der Waals surface area contributed by atoms with Gasteiger partial charge in [-0.25, -0.2) is 9.37 Å². The number of rotatable bonds is 3. The topological polar surface area (TPSA) is 67.6 Å². The van der Waals surface area contributed by atoms with E-state index in [1.165, 1.54) is 23.9 Å². The normalized spacial score (nSPS) is 10.6. The van der Waals surface area contributed by atoms with Crippen LogP contribution in [0.2, 0.25) is 0 Å². The van der Waals surface area contributed by atoms with E-state index in [2.05, 4.69) is 15.2 Å². The molecule has 0 spiro atoms. The molecule has 1 heterocycles. The Kier molecular flexibility index (Phi) is 3.09. The number of hydrogen-bond acceptors (Lipinski definition) is 4. The Morgan fingerprint density at radius 1 is 1.50 bits per heavy atom. The van der Waals surface area contributed by atoms with Crippen LogP contribution in [0.4, 0.5) is 10.1 Å². The first-order valence-corrected chi connectivity index (χ1v) is 5.69. The van der Waals surface area contributed by atoms with Gasteiger partial charge in [0.15, 0.2) is 0 Å². The van der Waals surface area contributed by atoms with E-state index in [4.69, 9.17) is 5.73 Å². The van der Waals surface area contributed by atoms with Crippen LogP contribution >= 0.6 is 11.8 Å². The fourth-order valence-corrected chi connectivity index (χ4v) is 2.09. The molecular weight excluding hydrogens is 227 g/mol. The van der Waals surface area contributed by atoms with Crippen molar-refractivity contribution >= 4 is 17.4 Å².